The molecule has 3 rings (SSSR count). The Bertz CT molecular complexity index is 1200. The zero-order valence-electron chi connectivity index (χ0n) is 19.5. The van der Waals surface area contributed by atoms with Gasteiger partial charge in [0.25, 0.3) is 0 Å². The summed E-state index contributed by atoms with van der Waals surface area (Å²) in [4.78, 5) is 13.0. The number of rotatable bonds is 9. The van der Waals surface area contributed by atoms with Gasteiger partial charge in [0.15, 0.2) is 0 Å². The molecule has 6 nitrogen and oxygen atoms in total. The number of amides is 1. The van der Waals surface area contributed by atoms with Gasteiger partial charge in [0, 0.05) is 12.2 Å². The highest BCUT2D eigenvalue weighted by Gasteiger charge is 2.29. The molecule has 0 aromatic heterocycles. The van der Waals surface area contributed by atoms with Crippen LogP contribution < -0.4 is 10.1 Å². The fourth-order valence-corrected chi connectivity index (χ4v) is 5.35. The van der Waals surface area contributed by atoms with Gasteiger partial charge in [0.2, 0.25) is 15.9 Å². The molecule has 1 N–H and O–H groups in total. The predicted octanol–water partition coefficient (Wildman–Crippen LogP) is 4.49. The van der Waals surface area contributed by atoms with Gasteiger partial charge in [-0.15, -0.1) is 0 Å². The maximum absolute atomic E-state index is 13.6. The van der Waals surface area contributed by atoms with Crippen molar-refractivity contribution in [3.63, 3.8) is 0 Å². The van der Waals surface area contributed by atoms with Crippen molar-refractivity contribution in [1.82, 2.24) is 4.31 Å². The maximum atomic E-state index is 13.6. The average Bonchev–Trinajstić information content (AvgIpc) is 2.76. The first-order valence-electron chi connectivity index (χ1n) is 10.8. The lowest BCUT2D eigenvalue weighted by atomic mass is 10.1. The Balaban J connectivity index is 1.90. The number of ether oxygens (including phenoxy) is 1. The highest BCUT2D eigenvalue weighted by Crippen LogP contribution is 2.28. The number of benzene rings is 3. The van der Waals surface area contributed by atoms with Crippen molar-refractivity contribution < 1.29 is 17.9 Å². The molecule has 0 atom stereocenters. The minimum atomic E-state index is -3.99. The number of anilines is 1. The van der Waals surface area contributed by atoms with Gasteiger partial charge in [0.1, 0.15) is 10.6 Å². The predicted molar refractivity (Wildman–Crippen MR) is 131 cm³/mol. The summed E-state index contributed by atoms with van der Waals surface area (Å²) in [6.07, 6.45) is 0.477. The van der Waals surface area contributed by atoms with E-state index < -0.39 is 15.9 Å². The molecular formula is C26H30N2O4S. The van der Waals surface area contributed by atoms with Gasteiger partial charge < -0.3 is 10.1 Å². The summed E-state index contributed by atoms with van der Waals surface area (Å²) >= 11 is 0. The molecule has 0 fully saturated rings. The van der Waals surface area contributed by atoms with Crippen LogP contribution in [0.1, 0.15) is 22.3 Å². The molecule has 0 bridgehead atoms. The van der Waals surface area contributed by atoms with Gasteiger partial charge in [-0.25, -0.2) is 8.42 Å². The second-order valence-electron chi connectivity index (χ2n) is 8.15. The van der Waals surface area contributed by atoms with Crippen molar-refractivity contribution in [3.8, 4) is 5.75 Å². The molecule has 0 unspecified atom stereocenters. The minimum absolute atomic E-state index is 0.0530. The molecule has 3 aromatic rings. The van der Waals surface area contributed by atoms with E-state index in [1.54, 1.807) is 18.2 Å². The zero-order chi connectivity index (χ0) is 24.0. The zero-order valence-corrected chi connectivity index (χ0v) is 20.3. The Morgan fingerprint density at radius 2 is 1.58 bits per heavy atom. The molecule has 1 amide bonds. The molecular weight excluding hydrogens is 436 g/mol. The third-order valence-electron chi connectivity index (χ3n) is 5.26. The Morgan fingerprint density at radius 3 is 2.21 bits per heavy atom. The normalized spacial score (nSPS) is 11.4. The Morgan fingerprint density at radius 1 is 0.909 bits per heavy atom. The topological polar surface area (TPSA) is 75.7 Å². The van der Waals surface area contributed by atoms with Crippen molar-refractivity contribution in [2.75, 3.05) is 25.5 Å². The van der Waals surface area contributed by atoms with E-state index in [4.69, 9.17) is 4.74 Å². The van der Waals surface area contributed by atoms with E-state index in [1.165, 1.54) is 11.4 Å². The Hall–Kier alpha value is -3.16. The second kappa shape index (κ2) is 10.6. The number of hydrogen-bond donors (Lipinski definition) is 1. The van der Waals surface area contributed by atoms with Crippen LogP contribution in [-0.4, -0.2) is 38.8 Å². The number of nitrogens with one attached hydrogen (secondary N) is 1. The number of aryl methyl sites for hydroxylation is 3. The Kier molecular flexibility index (Phi) is 7.89. The van der Waals surface area contributed by atoms with Gasteiger partial charge in [-0.2, -0.15) is 4.31 Å². The van der Waals surface area contributed by atoms with Gasteiger partial charge >= 0.3 is 0 Å². The highest BCUT2D eigenvalue weighted by atomic mass is 32.2. The first-order chi connectivity index (χ1) is 15.7. The lowest BCUT2D eigenvalue weighted by molar-refractivity contribution is -0.116. The molecule has 0 saturated heterocycles. The molecule has 174 valence electrons. The first kappa shape index (κ1) is 24.5. The molecule has 0 saturated carbocycles. The summed E-state index contributed by atoms with van der Waals surface area (Å²) in [6.45, 7) is 5.56. The summed E-state index contributed by atoms with van der Waals surface area (Å²) in [6, 6.07) is 20.3. The molecule has 0 aliphatic rings. The third-order valence-corrected chi connectivity index (χ3v) is 7.12. The van der Waals surface area contributed by atoms with Gasteiger partial charge in [-0.3, -0.25) is 4.79 Å². The second-order valence-corrected chi connectivity index (χ2v) is 10.1. The van der Waals surface area contributed by atoms with Crippen molar-refractivity contribution in [2.45, 2.75) is 32.1 Å². The molecule has 0 heterocycles. The molecule has 0 aliphatic carbocycles. The molecule has 0 spiro atoms. The van der Waals surface area contributed by atoms with Gasteiger partial charge in [0.05, 0.1) is 13.7 Å². The standard InChI is InChI=1S/C26H30N2O4S/c1-19-10-11-24(32-4)25(17-19)33(30,31)28(13-12-22-8-6-5-7-9-22)18-26(29)27-23-15-20(2)14-21(3)16-23/h5-11,14-17H,12-13,18H2,1-4H3,(H,27,29). The molecule has 0 aliphatic heterocycles. The fourth-order valence-electron chi connectivity index (χ4n) is 3.71. The fraction of sp³-hybridized carbons (Fsp3) is 0.269. The molecule has 0 radical (unpaired) electrons. The number of sulfonamides is 1. The number of hydrogen-bond acceptors (Lipinski definition) is 4. The molecule has 3 aromatic carbocycles. The van der Waals surface area contributed by atoms with Crippen LogP contribution in [0, 0.1) is 20.8 Å². The van der Waals surface area contributed by atoms with E-state index in [1.807, 2.05) is 69.3 Å². The van der Waals surface area contributed by atoms with E-state index in [2.05, 4.69) is 5.32 Å². The summed E-state index contributed by atoms with van der Waals surface area (Å²) < 4.78 is 33.8. The van der Waals surface area contributed by atoms with Crippen LogP contribution in [0.4, 0.5) is 5.69 Å². The van der Waals surface area contributed by atoms with Crippen LogP contribution in [-0.2, 0) is 21.2 Å². The van der Waals surface area contributed by atoms with Crippen LogP contribution in [0.15, 0.2) is 71.6 Å². The SMILES string of the molecule is COc1ccc(C)cc1S(=O)(=O)N(CCc1ccccc1)CC(=O)Nc1cc(C)cc(C)c1. The summed E-state index contributed by atoms with van der Waals surface area (Å²) in [5.41, 5.74) is 4.46. The van der Waals surface area contributed by atoms with Crippen molar-refractivity contribution in [1.29, 1.82) is 0 Å². The van der Waals surface area contributed by atoms with Crippen LogP contribution in [0.25, 0.3) is 0 Å². The van der Waals surface area contributed by atoms with E-state index in [9.17, 15) is 13.2 Å². The maximum Gasteiger partial charge on any atom is 0.247 e. The third kappa shape index (κ3) is 6.43. The molecule has 7 heteroatoms. The van der Waals surface area contributed by atoms with Gasteiger partial charge in [-0.05, 0) is 73.7 Å². The van der Waals surface area contributed by atoms with Gasteiger partial charge in [-0.1, -0.05) is 42.5 Å². The summed E-state index contributed by atoms with van der Waals surface area (Å²) in [5, 5.41) is 2.84. The largest absolute Gasteiger partial charge is 0.495 e. The van der Waals surface area contributed by atoms with E-state index in [-0.39, 0.29) is 23.7 Å². The lowest BCUT2D eigenvalue weighted by Crippen LogP contribution is -2.39. The summed E-state index contributed by atoms with van der Waals surface area (Å²) in [5.74, 6) is -0.150. The van der Waals surface area contributed by atoms with Crippen LogP contribution in [0.2, 0.25) is 0 Å². The lowest BCUT2D eigenvalue weighted by Gasteiger charge is -2.23. The van der Waals surface area contributed by atoms with E-state index in [0.29, 0.717) is 12.1 Å². The van der Waals surface area contributed by atoms with Crippen molar-refractivity contribution >= 4 is 21.6 Å². The van der Waals surface area contributed by atoms with E-state index in [0.717, 1.165) is 22.3 Å². The number of nitrogens with zero attached hydrogens (tertiary/aromatic N) is 1. The Labute approximate surface area is 196 Å². The van der Waals surface area contributed by atoms with Crippen molar-refractivity contribution in [2.24, 2.45) is 0 Å². The summed E-state index contributed by atoms with van der Waals surface area (Å²) in [7, 11) is -2.56. The smallest absolute Gasteiger partial charge is 0.247 e. The average molecular weight is 467 g/mol. The van der Waals surface area contributed by atoms with Crippen LogP contribution in [0.3, 0.4) is 0 Å². The molecule has 33 heavy (non-hydrogen) atoms. The minimum Gasteiger partial charge on any atom is -0.495 e. The number of methoxy groups -OCH3 is 1. The monoisotopic (exact) mass is 466 g/mol. The van der Waals surface area contributed by atoms with Crippen LogP contribution >= 0.6 is 0 Å². The van der Waals surface area contributed by atoms with Crippen LogP contribution in [0.5, 0.6) is 5.75 Å². The first-order valence-corrected chi connectivity index (χ1v) is 12.2. The van der Waals surface area contributed by atoms with Crippen molar-refractivity contribution in [3.05, 3.63) is 89.0 Å². The quantitative estimate of drug-likeness (QED) is 0.504. The number of carbonyl (C=O) groups excluding carboxylic acids is 1. The highest BCUT2D eigenvalue weighted by molar-refractivity contribution is 7.89. The van der Waals surface area contributed by atoms with E-state index >= 15 is 0 Å². The number of carbonyl (C=O) groups is 1.